The first kappa shape index (κ1) is 16.1. The second kappa shape index (κ2) is 7.57. The number of nitrogens with one attached hydrogen (secondary N) is 1. The standard InChI is InChI=1S/C13H16N2O5/c14-5-8-1-3-9(4-2-8)15-6-10(17)12(19)13(20)11(18)7-16/h1-4,11-13,15-16,18-20H,6-7H2. The van der Waals surface area contributed by atoms with Gasteiger partial charge in [-0.2, -0.15) is 5.26 Å². The molecule has 1 rings (SSSR count). The Hall–Kier alpha value is -1.98. The molecule has 0 bridgehead atoms. The first-order valence-electron chi connectivity index (χ1n) is 5.91. The predicted octanol–water partition coefficient (Wildman–Crippen LogP) is -1.39. The van der Waals surface area contributed by atoms with E-state index in [2.05, 4.69) is 5.32 Å². The number of rotatable bonds is 7. The van der Waals surface area contributed by atoms with Crippen LogP contribution in [0, 0.1) is 11.3 Å². The van der Waals surface area contributed by atoms with E-state index in [4.69, 9.17) is 15.5 Å². The summed E-state index contributed by atoms with van der Waals surface area (Å²) >= 11 is 0. The fraction of sp³-hybridized carbons (Fsp3) is 0.385. The monoisotopic (exact) mass is 280 g/mol. The zero-order valence-electron chi connectivity index (χ0n) is 10.6. The van der Waals surface area contributed by atoms with Crippen LogP contribution in [-0.4, -0.2) is 57.7 Å². The Morgan fingerprint density at radius 1 is 1.25 bits per heavy atom. The number of carbonyl (C=O) groups excluding carboxylic acids is 1. The van der Waals surface area contributed by atoms with Gasteiger partial charge in [-0.25, -0.2) is 0 Å². The molecule has 0 aliphatic rings. The molecule has 108 valence electrons. The number of aliphatic hydroxyl groups is 4. The highest BCUT2D eigenvalue weighted by atomic mass is 16.4. The van der Waals surface area contributed by atoms with Crippen LogP contribution in [0.3, 0.4) is 0 Å². The van der Waals surface area contributed by atoms with Crippen molar-refractivity contribution in [2.45, 2.75) is 18.3 Å². The lowest BCUT2D eigenvalue weighted by Gasteiger charge is -2.20. The van der Waals surface area contributed by atoms with Gasteiger partial charge in [-0.3, -0.25) is 4.79 Å². The average molecular weight is 280 g/mol. The third-order valence-corrected chi connectivity index (χ3v) is 2.72. The van der Waals surface area contributed by atoms with Crippen LogP contribution in [0.4, 0.5) is 5.69 Å². The lowest BCUT2D eigenvalue weighted by molar-refractivity contribution is -0.138. The van der Waals surface area contributed by atoms with E-state index in [9.17, 15) is 15.0 Å². The summed E-state index contributed by atoms with van der Waals surface area (Å²) in [5.41, 5.74) is 1.05. The van der Waals surface area contributed by atoms with Crippen molar-refractivity contribution in [2.24, 2.45) is 0 Å². The first-order chi connectivity index (χ1) is 9.49. The Morgan fingerprint density at radius 2 is 1.85 bits per heavy atom. The number of carbonyl (C=O) groups is 1. The SMILES string of the molecule is N#Cc1ccc(NCC(=O)C(O)C(O)C(O)CO)cc1. The Morgan fingerprint density at radius 3 is 2.35 bits per heavy atom. The number of hydrogen-bond acceptors (Lipinski definition) is 7. The second-order valence-electron chi connectivity index (χ2n) is 4.19. The maximum absolute atomic E-state index is 11.6. The third-order valence-electron chi connectivity index (χ3n) is 2.72. The topological polar surface area (TPSA) is 134 Å². The van der Waals surface area contributed by atoms with Gasteiger partial charge < -0.3 is 25.7 Å². The first-order valence-corrected chi connectivity index (χ1v) is 5.91. The molecule has 0 amide bonds. The molecular weight excluding hydrogens is 264 g/mol. The Kier molecular flexibility index (Phi) is 6.09. The zero-order valence-corrected chi connectivity index (χ0v) is 10.6. The van der Waals surface area contributed by atoms with Crippen LogP contribution in [0.1, 0.15) is 5.56 Å². The summed E-state index contributed by atoms with van der Waals surface area (Å²) in [6.07, 6.45) is -5.11. The van der Waals surface area contributed by atoms with Gasteiger partial charge >= 0.3 is 0 Å². The van der Waals surface area contributed by atoms with E-state index in [1.54, 1.807) is 24.3 Å². The number of aliphatic hydroxyl groups excluding tert-OH is 4. The van der Waals surface area contributed by atoms with Crippen LogP contribution in [-0.2, 0) is 4.79 Å². The van der Waals surface area contributed by atoms with Gasteiger partial charge in [-0.1, -0.05) is 0 Å². The smallest absolute Gasteiger partial charge is 0.182 e. The van der Waals surface area contributed by atoms with Crippen molar-refractivity contribution in [2.75, 3.05) is 18.5 Å². The van der Waals surface area contributed by atoms with Gasteiger partial charge in [0.1, 0.15) is 18.3 Å². The molecule has 5 N–H and O–H groups in total. The number of ketones is 1. The van der Waals surface area contributed by atoms with Crippen molar-refractivity contribution in [3.63, 3.8) is 0 Å². The molecule has 0 saturated heterocycles. The lowest BCUT2D eigenvalue weighted by atomic mass is 10.0. The fourth-order valence-corrected chi connectivity index (χ4v) is 1.47. The van der Waals surface area contributed by atoms with Crippen LogP contribution in [0.5, 0.6) is 0 Å². The lowest BCUT2D eigenvalue weighted by Crippen LogP contribution is -2.45. The maximum atomic E-state index is 11.6. The molecule has 3 unspecified atom stereocenters. The van der Waals surface area contributed by atoms with Crippen molar-refractivity contribution in [1.82, 2.24) is 0 Å². The molecule has 0 radical (unpaired) electrons. The third kappa shape index (κ3) is 4.29. The molecule has 7 nitrogen and oxygen atoms in total. The molecule has 1 aromatic carbocycles. The summed E-state index contributed by atoms with van der Waals surface area (Å²) in [6.45, 7) is -1.02. The minimum atomic E-state index is -1.79. The van der Waals surface area contributed by atoms with Crippen molar-refractivity contribution in [3.05, 3.63) is 29.8 Å². The number of anilines is 1. The van der Waals surface area contributed by atoms with E-state index in [1.165, 1.54) is 0 Å². The molecule has 7 heteroatoms. The van der Waals surface area contributed by atoms with Crippen LogP contribution >= 0.6 is 0 Å². The Balaban J connectivity index is 2.52. The molecule has 0 saturated carbocycles. The van der Waals surface area contributed by atoms with Gasteiger partial charge in [0.2, 0.25) is 0 Å². The summed E-state index contributed by atoms with van der Waals surface area (Å²) in [6, 6.07) is 8.27. The zero-order chi connectivity index (χ0) is 15.1. The molecule has 3 atom stereocenters. The highest BCUT2D eigenvalue weighted by Gasteiger charge is 2.29. The average Bonchev–Trinajstić information content (AvgIpc) is 2.50. The number of nitrogens with zero attached hydrogens (tertiary/aromatic N) is 1. The molecular formula is C13H16N2O5. The Bertz CT molecular complexity index is 483. The van der Waals surface area contributed by atoms with Gasteiger partial charge in [0, 0.05) is 5.69 Å². The molecule has 0 aliphatic heterocycles. The number of nitriles is 1. The molecule has 0 aromatic heterocycles. The van der Waals surface area contributed by atoms with Gasteiger partial charge in [0.05, 0.1) is 24.8 Å². The normalized spacial score (nSPS) is 14.9. The van der Waals surface area contributed by atoms with E-state index in [-0.39, 0.29) is 6.54 Å². The molecule has 0 fully saturated rings. The van der Waals surface area contributed by atoms with Crippen molar-refractivity contribution in [3.8, 4) is 6.07 Å². The van der Waals surface area contributed by atoms with Gasteiger partial charge in [-0.05, 0) is 24.3 Å². The molecule has 1 aromatic rings. The van der Waals surface area contributed by atoms with Gasteiger partial charge in [0.25, 0.3) is 0 Å². The number of hydrogen-bond donors (Lipinski definition) is 5. The van der Waals surface area contributed by atoms with Crippen LogP contribution in [0.25, 0.3) is 0 Å². The Labute approximate surface area is 115 Å². The number of benzene rings is 1. The highest BCUT2D eigenvalue weighted by molar-refractivity contribution is 5.87. The van der Waals surface area contributed by atoms with Crippen molar-refractivity contribution >= 4 is 11.5 Å². The molecule has 0 aliphatic carbocycles. The maximum Gasteiger partial charge on any atom is 0.182 e. The van der Waals surface area contributed by atoms with Gasteiger partial charge in [-0.15, -0.1) is 0 Å². The van der Waals surface area contributed by atoms with E-state index in [0.717, 1.165) is 0 Å². The summed E-state index contributed by atoms with van der Waals surface area (Å²) < 4.78 is 0. The van der Waals surface area contributed by atoms with E-state index in [1.807, 2.05) is 6.07 Å². The summed E-state index contributed by atoms with van der Waals surface area (Å²) in [7, 11) is 0. The van der Waals surface area contributed by atoms with Crippen LogP contribution in [0.2, 0.25) is 0 Å². The van der Waals surface area contributed by atoms with Crippen molar-refractivity contribution < 1.29 is 25.2 Å². The minimum absolute atomic E-state index is 0.262. The highest BCUT2D eigenvalue weighted by Crippen LogP contribution is 2.09. The summed E-state index contributed by atoms with van der Waals surface area (Å²) in [4.78, 5) is 11.6. The van der Waals surface area contributed by atoms with Crippen LogP contribution in [0.15, 0.2) is 24.3 Å². The molecule has 0 spiro atoms. The minimum Gasteiger partial charge on any atom is -0.394 e. The fourth-order valence-electron chi connectivity index (χ4n) is 1.47. The largest absolute Gasteiger partial charge is 0.394 e. The van der Waals surface area contributed by atoms with Gasteiger partial charge in [0.15, 0.2) is 5.78 Å². The second-order valence-corrected chi connectivity index (χ2v) is 4.19. The quantitative estimate of drug-likeness (QED) is 0.415. The van der Waals surface area contributed by atoms with E-state index in [0.29, 0.717) is 11.3 Å². The van der Waals surface area contributed by atoms with Crippen molar-refractivity contribution in [1.29, 1.82) is 5.26 Å². The molecule has 20 heavy (non-hydrogen) atoms. The molecule has 0 heterocycles. The number of Topliss-reactive ketones (excluding diaryl/α,β-unsaturated/α-hetero) is 1. The van der Waals surface area contributed by atoms with E-state index < -0.39 is 30.7 Å². The predicted molar refractivity (Wildman–Crippen MR) is 69.8 cm³/mol. The summed E-state index contributed by atoms with van der Waals surface area (Å²) in [5.74, 6) is -0.727. The summed E-state index contributed by atoms with van der Waals surface area (Å²) in [5, 5.41) is 48.0. The van der Waals surface area contributed by atoms with Crippen LogP contribution < -0.4 is 5.32 Å². The van der Waals surface area contributed by atoms with E-state index >= 15 is 0 Å².